The predicted octanol–water partition coefficient (Wildman–Crippen LogP) is 3.12. The van der Waals surface area contributed by atoms with Crippen molar-refractivity contribution in [2.24, 2.45) is 0 Å². The summed E-state index contributed by atoms with van der Waals surface area (Å²) < 4.78 is 7.30. The van der Waals surface area contributed by atoms with Crippen molar-refractivity contribution in [2.45, 2.75) is 37.4 Å². The van der Waals surface area contributed by atoms with Gasteiger partial charge >= 0.3 is 0 Å². The lowest BCUT2D eigenvalue weighted by Gasteiger charge is -2.40. The molecule has 1 aromatic rings. The number of fused-ring (bicyclic) bond motifs is 1. The van der Waals surface area contributed by atoms with Crippen LogP contribution in [0.1, 0.15) is 37.4 Å². The Hall–Kier alpha value is -0.580. The van der Waals surface area contributed by atoms with E-state index in [0.29, 0.717) is 6.42 Å². The molecule has 3 nitrogen and oxygen atoms in total. The summed E-state index contributed by atoms with van der Waals surface area (Å²) in [5.41, 5.74) is 0.739. The molecule has 1 saturated heterocycles. The summed E-state index contributed by atoms with van der Waals surface area (Å²) in [5, 5.41) is 10.4. The molecule has 19 heavy (non-hydrogen) atoms. The average Bonchev–Trinajstić information content (AvgIpc) is 2.54. The van der Waals surface area contributed by atoms with E-state index in [-0.39, 0.29) is 5.60 Å². The highest BCUT2D eigenvalue weighted by molar-refractivity contribution is 9.10. The second kappa shape index (κ2) is 5.08. The van der Waals surface area contributed by atoms with E-state index in [1.165, 1.54) is 0 Å². The molecule has 0 radical (unpaired) electrons. The van der Waals surface area contributed by atoms with Gasteiger partial charge in [0.15, 0.2) is 0 Å². The standard InChI is InChI=1S/C15H20BrNO2/c1-17-7-2-5-15(6-8-17)10-13(18)12-9-11(16)3-4-14(12)19-15/h3-4,9,13,18H,2,5-8,10H2,1H3/t13-,15?/m1/s1. The van der Waals surface area contributed by atoms with Crippen LogP contribution < -0.4 is 4.74 Å². The quantitative estimate of drug-likeness (QED) is 0.795. The molecule has 2 aliphatic heterocycles. The first-order valence-corrected chi connectivity index (χ1v) is 7.72. The number of ether oxygens (including phenoxy) is 1. The first-order valence-electron chi connectivity index (χ1n) is 6.93. The van der Waals surface area contributed by atoms with Crippen LogP contribution in [0.3, 0.4) is 0 Å². The Balaban J connectivity index is 1.89. The van der Waals surface area contributed by atoms with E-state index in [1.807, 2.05) is 18.2 Å². The monoisotopic (exact) mass is 325 g/mol. The third-order valence-electron chi connectivity index (χ3n) is 4.34. The maximum atomic E-state index is 10.4. The number of nitrogens with zero attached hydrogens (tertiary/aromatic N) is 1. The molecule has 1 aromatic carbocycles. The van der Waals surface area contributed by atoms with E-state index in [0.717, 1.165) is 48.1 Å². The van der Waals surface area contributed by atoms with Gasteiger partial charge in [0.1, 0.15) is 11.4 Å². The summed E-state index contributed by atoms with van der Waals surface area (Å²) in [6.45, 7) is 2.16. The maximum Gasteiger partial charge on any atom is 0.126 e. The fraction of sp³-hybridized carbons (Fsp3) is 0.600. The second-order valence-corrected chi connectivity index (χ2v) is 6.76. The number of benzene rings is 1. The third-order valence-corrected chi connectivity index (χ3v) is 4.84. The van der Waals surface area contributed by atoms with E-state index in [1.54, 1.807) is 0 Å². The lowest BCUT2D eigenvalue weighted by Crippen LogP contribution is -2.41. The number of aliphatic hydroxyl groups excluding tert-OH is 1. The molecule has 2 aliphatic rings. The Bertz CT molecular complexity index is 479. The minimum Gasteiger partial charge on any atom is -0.487 e. The van der Waals surface area contributed by atoms with Crippen molar-refractivity contribution in [2.75, 3.05) is 20.1 Å². The third kappa shape index (κ3) is 2.67. The Morgan fingerprint density at radius 2 is 2.21 bits per heavy atom. The smallest absolute Gasteiger partial charge is 0.126 e. The molecular weight excluding hydrogens is 306 g/mol. The minimum absolute atomic E-state index is 0.176. The molecule has 2 heterocycles. The van der Waals surface area contributed by atoms with Crippen molar-refractivity contribution in [1.82, 2.24) is 4.90 Å². The molecule has 1 spiro atoms. The van der Waals surface area contributed by atoms with Crippen LogP contribution in [0.4, 0.5) is 0 Å². The van der Waals surface area contributed by atoms with Crippen LogP contribution in [0.2, 0.25) is 0 Å². The second-order valence-electron chi connectivity index (χ2n) is 5.84. The maximum absolute atomic E-state index is 10.4. The number of hydrogen-bond acceptors (Lipinski definition) is 3. The SMILES string of the molecule is CN1CCCC2(CC1)C[C@@H](O)c1cc(Br)ccc1O2. The lowest BCUT2D eigenvalue weighted by atomic mass is 9.83. The molecule has 104 valence electrons. The van der Waals surface area contributed by atoms with E-state index in [9.17, 15) is 5.11 Å². The van der Waals surface area contributed by atoms with E-state index < -0.39 is 6.10 Å². The highest BCUT2D eigenvalue weighted by Crippen LogP contribution is 2.44. The summed E-state index contributed by atoms with van der Waals surface area (Å²) in [7, 11) is 2.16. The first kappa shape index (κ1) is 13.4. The lowest BCUT2D eigenvalue weighted by molar-refractivity contribution is -0.0236. The summed E-state index contributed by atoms with van der Waals surface area (Å²) in [6, 6.07) is 5.92. The van der Waals surface area contributed by atoms with Gasteiger partial charge in [-0.3, -0.25) is 0 Å². The molecule has 0 aliphatic carbocycles. The number of likely N-dealkylation sites (tertiary alicyclic amines) is 1. The molecule has 2 atom stereocenters. The molecule has 3 rings (SSSR count). The molecule has 0 saturated carbocycles. The Kier molecular flexibility index (Phi) is 3.58. The van der Waals surface area contributed by atoms with Gasteiger partial charge in [0.2, 0.25) is 0 Å². The Morgan fingerprint density at radius 1 is 1.37 bits per heavy atom. The van der Waals surface area contributed by atoms with Gasteiger partial charge in [0.25, 0.3) is 0 Å². The highest BCUT2D eigenvalue weighted by Gasteiger charge is 2.41. The van der Waals surface area contributed by atoms with Crippen LogP contribution in [-0.4, -0.2) is 35.7 Å². The zero-order valence-corrected chi connectivity index (χ0v) is 12.8. The van der Waals surface area contributed by atoms with Crippen molar-refractivity contribution in [3.8, 4) is 5.75 Å². The summed E-state index contributed by atoms with van der Waals surface area (Å²) in [6.07, 6.45) is 3.46. The molecule has 1 unspecified atom stereocenters. The van der Waals surface area contributed by atoms with E-state index in [4.69, 9.17) is 4.74 Å². The first-order chi connectivity index (χ1) is 9.08. The average molecular weight is 326 g/mol. The van der Waals surface area contributed by atoms with Crippen LogP contribution in [0, 0.1) is 0 Å². The van der Waals surface area contributed by atoms with Gasteiger partial charge in [-0.05, 0) is 51.1 Å². The van der Waals surface area contributed by atoms with Gasteiger partial charge in [-0.2, -0.15) is 0 Å². The van der Waals surface area contributed by atoms with Gasteiger partial charge in [-0.15, -0.1) is 0 Å². The largest absolute Gasteiger partial charge is 0.487 e. The van der Waals surface area contributed by atoms with Gasteiger partial charge < -0.3 is 14.7 Å². The fourth-order valence-electron chi connectivity index (χ4n) is 3.22. The Labute approximate surface area is 122 Å². The molecule has 1 N–H and O–H groups in total. The highest BCUT2D eigenvalue weighted by atomic mass is 79.9. The zero-order chi connectivity index (χ0) is 13.5. The Morgan fingerprint density at radius 3 is 3.05 bits per heavy atom. The van der Waals surface area contributed by atoms with Gasteiger partial charge in [-0.25, -0.2) is 0 Å². The van der Waals surface area contributed by atoms with Crippen molar-refractivity contribution in [3.63, 3.8) is 0 Å². The van der Waals surface area contributed by atoms with Crippen molar-refractivity contribution in [1.29, 1.82) is 0 Å². The normalized spacial score (nSPS) is 31.6. The van der Waals surface area contributed by atoms with Crippen molar-refractivity contribution in [3.05, 3.63) is 28.2 Å². The summed E-state index contributed by atoms with van der Waals surface area (Å²) in [4.78, 5) is 2.35. The number of rotatable bonds is 0. The van der Waals surface area contributed by atoms with Gasteiger partial charge in [-0.1, -0.05) is 15.9 Å². The summed E-state index contributed by atoms with van der Waals surface area (Å²) in [5.74, 6) is 0.853. The molecule has 0 aromatic heterocycles. The van der Waals surface area contributed by atoms with E-state index >= 15 is 0 Å². The molecule has 0 amide bonds. The molecular formula is C15H20BrNO2. The molecule has 0 bridgehead atoms. The van der Waals surface area contributed by atoms with E-state index in [2.05, 4.69) is 27.9 Å². The van der Waals surface area contributed by atoms with Crippen LogP contribution in [0.5, 0.6) is 5.75 Å². The zero-order valence-electron chi connectivity index (χ0n) is 11.2. The summed E-state index contributed by atoms with van der Waals surface area (Å²) >= 11 is 3.45. The van der Waals surface area contributed by atoms with Crippen molar-refractivity contribution < 1.29 is 9.84 Å². The van der Waals surface area contributed by atoms with Crippen LogP contribution in [0.25, 0.3) is 0 Å². The van der Waals surface area contributed by atoms with Gasteiger partial charge in [0, 0.05) is 23.0 Å². The van der Waals surface area contributed by atoms with Crippen LogP contribution >= 0.6 is 15.9 Å². The van der Waals surface area contributed by atoms with Crippen molar-refractivity contribution >= 4 is 15.9 Å². The van der Waals surface area contributed by atoms with Crippen LogP contribution in [-0.2, 0) is 0 Å². The fourth-order valence-corrected chi connectivity index (χ4v) is 3.60. The number of hydrogen-bond donors (Lipinski definition) is 1. The van der Waals surface area contributed by atoms with Gasteiger partial charge in [0.05, 0.1) is 6.10 Å². The molecule has 4 heteroatoms. The minimum atomic E-state index is -0.412. The molecule has 1 fully saturated rings. The predicted molar refractivity (Wildman–Crippen MR) is 78.4 cm³/mol. The van der Waals surface area contributed by atoms with Crippen LogP contribution in [0.15, 0.2) is 22.7 Å². The number of aliphatic hydroxyl groups is 1. The topological polar surface area (TPSA) is 32.7 Å². The number of halogens is 1.